The van der Waals surface area contributed by atoms with E-state index in [4.69, 9.17) is 5.73 Å². The van der Waals surface area contributed by atoms with E-state index < -0.39 is 0 Å². The van der Waals surface area contributed by atoms with Crippen molar-refractivity contribution in [3.8, 4) is 0 Å². The van der Waals surface area contributed by atoms with Crippen molar-refractivity contribution in [2.24, 2.45) is 5.73 Å². The third-order valence-corrected chi connectivity index (χ3v) is 3.33. The van der Waals surface area contributed by atoms with Crippen molar-refractivity contribution in [2.45, 2.75) is 25.3 Å². The van der Waals surface area contributed by atoms with Crippen LogP contribution in [-0.2, 0) is 14.4 Å². The van der Waals surface area contributed by atoms with Crippen molar-refractivity contribution in [1.82, 2.24) is 10.6 Å². The predicted molar refractivity (Wildman–Crippen MR) is 65.3 cm³/mol. The number of amides is 3. The van der Waals surface area contributed by atoms with E-state index >= 15 is 0 Å². The van der Waals surface area contributed by atoms with E-state index in [0.717, 1.165) is 0 Å². The highest BCUT2D eigenvalue weighted by Gasteiger charge is 2.19. The van der Waals surface area contributed by atoms with Crippen molar-refractivity contribution in [1.29, 1.82) is 0 Å². The largest absolute Gasteiger partial charge is 0.369 e. The normalized spacial score (nSPS) is 19.5. The van der Waals surface area contributed by atoms with E-state index in [1.54, 1.807) is 0 Å². The van der Waals surface area contributed by atoms with Crippen molar-refractivity contribution >= 4 is 29.5 Å². The maximum Gasteiger partial charge on any atom is 0.227 e. The lowest BCUT2D eigenvalue weighted by Crippen LogP contribution is -2.47. The van der Waals surface area contributed by atoms with Crippen LogP contribution in [0, 0.1) is 0 Å². The molecular formula is C10H17N3O3S. The van der Waals surface area contributed by atoms with E-state index in [0.29, 0.717) is 31.6 Å². The predicted octanol–water partition coefficient (Wildman–Crippen LogP) is -1.01. The van der Waals surface area contributed by atoms with Crippen LogP contribution in [-0.4, -0.2) is 41.8 Å². The maximum absolute atomic E-state index is 11.5. The zero-order valence-corrected chi connectivity index (χ0v) is 10.3. The molecule has 3 amide bonds. The van der Waals surface area contributed by atoms with Crippen LogP contribution in [0.25, 0.3) is 0 Å². The number of nitrogens with one attached hydrogen (secondary N) is 2. The van der Waals surface area contributed by atoms with Crippen LogP contribution in [0.15, 0.2) is 0 Å². The van der Waals surface area contributed by atoms with Crippen molar-refractivity contribution in [3.05, 3.63) is 0 Å². The number of hydrogen-bond acceptors (Lipinski definition) is 4. The lowest BCUT2D eigenvalue weighted by molar-refractivity contribution is -0.125. The summed E-state index contributed by atoms with van der Waals surface area (Å²) in [6.07, 6.45) is 1.51. The number of rotatable bonds is 6. The molecule has 0 aromatic rings. The summed E-state index contributed by atoms with van der Waals surface area (Å²) in [5.74, 6) is 0.432. The minimum Gasteiger partial charge on any atom is -0.369 e. The van der Waals surface area contributed by atoms with E-state index in [9.17, 15) is 14.4 Å². The van der Waals surface area contributed by atoms with Crippen molar-refractivity contribution < 1.29 is 14.4 Å². The van der Waals surface area contributed by atoms with Crippen LogP contribution in [0.3, 0.4) is 0 Å². The molecule has 1 rings (SSSR count). The van der Waals surface area contributed by atoms with Gasteiger partial charge in [-0.05, 0) is 6.42 Å². The quantitative estimate of drug-likeness (QED) is 0.532. The minimum absolute atomic E-state index is 0.0290. The Kier molecular flexibility index (Phi) is 5.82. The molecule has 96 valence electrons. The molecule has 4 N–H and O–H groups in total. The number of nitrogens with two attached hydrogens (primary N) is 1. The third kappa shape index (κ3) is 6.15. The fourth-order valence-corrected chi connectivity index (χ4v) is 2.17. The highest BCUT2D eigenvalue weighted by Crippen LogP contribution is 2.05. The Morgan fingerprint density at radius 1 is 1.53 bits per heavy atom. The van der Waals surface area contributed by atoms with Gasteiger partial charge in [-0.3, -0.25) is 14.4 Å². The summed E-state index contributed by atoms with van der Waals surface area (Å²) in [6.45, 7) is 0.499. The number of primary amides is 1. The molecule has 0 spiro atoms. The molecule has 1 aliphatic heterocycles. The van der Waals surface area contributed by atoms with Crippen LogP contribution in [0.4, 0.5) is 0 Å². The average molecular weight is 259 g/mol. The Bertz CT molecular complexity index is 299. The Hall–Kier alpha value is -1.24. The summed E-state index contributed by atoms with van der Waals surface area (Å²) in [6, 6.07) is 0.0290. The Balaban J connectivity index is 2.08. The number of carbonyl (C=O) groups is 3. The fraction of sp³-hybridized carbons (Fsp3) is 0.700. The van der Waals surface area contributed by atoms with Gasteiger partial charge in [0.05, 0.1) is 5.75 Å². The second-order valence-electron chi connectivity index (χ2n) is 3.88. The molecule has 17 heavy (non-hydrogen) atoms. The van der Waals surface area contributed by atoms with Crippen LogP contribution in [0.5, 0.6) is 0 Å². The first-order chi connectivity index (χ1) is 8.08. The zero-order valence-electron chi connectivity index (χ0n) is 9.53. The molecule has 1 unspecified atom stereocenters. The van der Waals surface area contributed by atoms with Gasteiger partial charge in [0.2, 0.25) is 17.7 Å². The molecule has 7 heteroatoms. The molecule has 1 fully saturated rings. The molecule has 1 aliphatic rings. The van der Waals surface area contributed by atoms with Gasteiger partial charge in [0.25, 0.3) is 0 Å². The smallest absolute Gasteiger partial charge is 0.227 e. The van der Waals surface area contributed by atoms with Crippen LogP contribution in [0.2, 0.25) is 0 Å². The van der Waals surface area contributed by atoms with Gasteiger partial charge in [0, 0.05) is 31.2 Å². The van der Waals surface area contributed by atoms with Crippen LogP contribution in [0.1, 0.15) is 19.3 Å². The molecule has 0 radical (unpaired) electrons. The van der Waals surface area contributed by atoms with Crippen LogP contribution >= 0.6 is 11.8 Å². The molecule has 0 aliphatic carbocycles. The topological polar surface area (TPSA) is 101 Å². The molecule has 0 aromatic carbocycles. The highest BCUT2D eigenvalue weighted by molar-refractivity contribution is 7.99. The SMILES string of the molecule is NC(=O)CSCCC(=O)NC1CCC(=O)NC1. The molecule has 6 nitrogen and oxygen atoms in total. The number of thioether (sulfide) groups is 1. The Morgan fingerprint density at radius 2 is 2.29 bits per heavy atom. The second kappa shape index (κ2) is 7.16. The molecule has 0 saturated carbocycles. The first-order valence-electron chi connectivity index (χ1n) is 5.50. The van der Waals surface area contributed by atoms with Gasteiger partial charge in [0.1, 0.15) is 0 Å². The summed E-state index contributed by atoms with van der Waals surface area (Å²) in [4.78, 5) is 32.8. The summed E-state index contributed by atoms with van der Waals surface area (Å²) in [5.41, 5.74) is 4.97. The van der Waals surface area contributed by atoms with Gasteiger partial charge in [-0.1, -0.05) is 0 Å². The van der Waals surface area contributed by atoms with E-state index in [1.807, 2.05) is 0 Å². The molecule has 1 heterocycles. The third-order valence-electron chi connectivity index (χ3n) is 2.35. The molecule has 1 atom stereocenters. The standard InChI is InChI=1S/C10H17N3O3S/c11-8(14)6-17-4-3-10(16)13-7-1-2-9(15)12-5-7/h7H,1-6H2,(H2,11,14)(H,12,15)(H,13,16). The minimum atomic E-state index is -0.370. The first-order valence-corrected chi connectivity index (χ1v) is 6.65. The average Bonchev–Trinajstić information content (AvgIpc) is 2.27. The van der Waals surface area contributed by atoms with Gasteiger partial charge in [0.15, 0.2) is 0 Å². The van der Waals surface area contributed by atoms with Gasteiger partial charge < -0.3 is 16.4 Å². The van der Waals surface area contributed by atoms with Crippen LogP contribution < -0.4 is 16.4 Å². The van der Waals surface area contributed by atoms with Crippen molar-refractivity contribution in [3.63, 3.8) is 0 Å². The summed E-state index contributed by atoms with van der Waals surface area (Å²) >= 11 is 1.35. The van der Waals surface area contributed by atoms with Gasteiger partial charge in [-0.15, -0.1) is 0 Å². The highest BCUT2D eigenvalue weighted by atomic mass is 32.2. The summed E-state index contributed by atoms with van der Waals surface area (Å²) in [5, 5.41) is 5.54. The summed E-state index contributed by atoms with van der Waals surface area (Å²) in [7, 11) is 0. The molecule has 0 aromatic heterocycles. The van der Waals surface area contributed by atoms with E-state index in [2.05, 4.69) is 10.6 Å². The van der Waals surface area contributed by atoms with E-state index in [1.165, 1.54) is 11.8 Å². The summed E-state index contributed by atoms with van der Waals surface area (Å²) < 4.78 is 0. The fourth-order valence-electron chi connectivity index (χ4n) is 1.49. The lowest BCUT2D eigenvalue weighted by Gasteiger charge is -2.23. The maximum atomic E-state index is 11.5. The molecule has 0 bridgehead atoms. The number of carbonyl (C=O) groups excluding carboxylic acids is 3. The lowest BCUT2D eigenvalue weighted by atomic mass is 10.1. The van der Waals surface area contributed by atoms with Gasteiger partial charge in [-0.2, -0.15) is 11.8 Å². The van der Waals surface area contributed by atoms with Crippen molar-refractivity contribution in [2.75, 3.05) is 18.1 Å². The Labute approximate surface area is 104 Å². The van der Waals surface area contributed by atoms with Gasteiger partial charge in [-0.25, -0.2) is 0 Å². The Morgan fingerprint density at radius 3 is 2.88 bits per heavy atom. The van der Waals surface area contributed by atoms with E-state index in [-0.39, 0.29) is 29.5 Å². The first kappa shape index (κ1) is 13.8. The van der Waals surface area contributed by atoms with Gasteiger partial charge >= 0.3 is 0 Å². The number of hydrogen-bond donors (Lipinski definition) is 3. The second-order valence-corrected chi connectivity index (χ2v) is 4.98. The molecule has 1 saturated heterocycles. The number of piperidine rings is 1. The monoisotopic (exact) mass is 259 g/mol. The molecular weight excluding hydrogens is 242 g/mol. The zero-order chi connectivity index (χ0) is 12.7.